The van der Waals surface area contributed by atoms with Crippen molar-refractivity contribution >= 4 is 11.3 Å². The van der Waals surface area contributed by atoms with Crippen LogP contribution in [0.5, 0.6) is 0 Å². The minimum absolute atomic E-state index is 0.209. The average Bonchev–Trinajstić information content (AvgIpc) is 2.96. The summed E-state index contributed by atoms with van der Waals surface area (Å²) in [6, 6.07) is 4.93. The Balaban J connectivity index is 2.06. The van der Waals surface area contributed by atoms with Crippen LogP contribution in [0.1, 0.15) is 44.9 Å². The molecule has 19 heavy (non-hydrogen) atoms. The van der Waals surface area contributed by atoms with Crippen molar-refractivity contribution in [2.75, 3.05) is 13.6 Å². The van der Waals surface area contributed by atoms with E-state index in [0.717, 1.165) is 13.0 Å². The van der Waals surface area contributed by atoms with Crippen LogP contribution in [0.4, 0.5) is 0 Å². The third-order valence-electron chi connectivity index (χ3n) is 4.94. The largest absolute Gasteiger partial charge is 0.329 e. The van der Waals surface area contributed by atoms with Gasteiger partial charge in [0.25, 0.3) is 0 Å². The minimum Gasteiger partial charge on any atom is -0.329 e. The number of rotatable bonds is 5. The molecule has 0 aromatic carbocycles. The Hall–Kier alpha value is -0.380. The van der Waals surface area contributed by atoms with Crippen molar-refractivity contribution in [3.8, 4) is 0 Å². The van der Waals surface area contributed by atoms with Crippen LogP contribution in [0, 0.1) is 5.41 Å². The van der Waals surface area contributed by atoms with E-state index in [4.69, 9.17) is 5.73 Å². The highest BCUT2D eigenvalue weighted by atomic mass is 32.1. The third kappa shape index (κ3) is 3.21. The first-order valence-electron chi connectivity index (χ1n) is 7.34. The van der Waals surface area contributed by atoms with Gasteiger partial charge in [-0.3, -0.25) is 4.90 Å². The number of nitrogens with zero attached hydrogens (tertiary/aromatic N) is 1. The SMILES string of the molecule is CC(Cc1cccs1)N(C)C1(CN)CCC(C)(C)C1. The highest BCUT2D eigenvalue weighted by molar-refractivity contribution is 7.09. The molecular formula is C16H28N2S. The lowest BCUT2D eigenvalue weighted by molar-refractivity contribution is 0.0802. The molecule has 2 unspecified atom stereocenters. The summed E-state index contributed by atoms with van der Waals surface area (Å²) in [6.07, 6.45) is 4.89. The molecule has 0 amide bonds. The molecule has 1 heterocycles. The number of thiophene rings is 1. The summed E-state index contributed by atoms with van der Waals surface area (Å²) in [7, 11) is 2.27. The second kappa shape index (κ2) is 5.55. The zero-order valence-corrected chi connectivity index (χ0v) is 13.6. The van der Waals surface area contributed by atoms with Gasteiger partial charge in [0.2, 0.25) is 0 Å². The number of likely N-dealkylation sites (N-methyl/N-ethyl adjacent to an activating group) is 1. The maximum absolute atomic E-state index is 6.16. The first-order valence-corrected chi connectivity index (χ1v) is 8.22. The van der Waals surface area contributed by atoms with Gasteiger partial charge in [0.1, 0.15) is 0 Å². The van der Waals surface area contributed by atoms with Crippen molar-refractivity contribution in [3.63, 3.8) is 0 Å². The van der Waals surface area contributed by atoms with Gasteiger partial charge in [-0.15, -0.1) is 11.3 Å². The Morgan fingerprint density at radius 1 is 1.42 bits per heavy atom. The predicted octanol–water partition coefficient (Wildman–Crippen LogP) is 3.52. The molecule has 0 aliphatic heterocycles. The fraction of sp³-hybridized carbons (Fsp3) is 0.750. The van der Waals surface area contributed by atoms with E-state index < -0.39 is 0 Å². The summed E-state index contributed by atoms with van der Waals surface area (Å²) in [5, 5.41) is 2.17. The van der Waals surface area contributed by atoms with Crippen molar-refractivity contribution in [1.82, 2.24) is 4.90 Å². The summed E-state index contributed by atoms with van der Waals surface area (Å²) in [6.45, 7) is 7.87. The molecule has 2 nitrogen and oxygen atoms in total. The molecule has 2 rings (SSSR count). The van der Waals surface area contributed by atoms with E-state index in [2.05, 4.69) is 50.2 Å². The van der Waals surface area contributed by atoms with E-state index in [1.165, 1.54) is 24.1 Å². The molecule has 3 heteroatoms. The molecule has 0 bridgehead atoms. The van der Waals surface area contributed by atoms with Crippen LogP contribution < -0.4 is 5.73 Å². The molecule has 2 N–H and O–H groups in total. The van der Waals surface area contributed by atoms with Crippen LogP contribution in [0.15, 0.2) is 17.5 Å². The molecule has 108 valence electrons. The van der Waals surface area contributed by atoms with Crippen LogP contribution in [0.3, 0.4) is 0 Å². The minimum atomic E-state index is 0.209. The summed E-state index contributed by atoms with van der Waals surface area (Å²) in [4.78, 5) is 4.03. The van der Waals surface area contributed by atoms with Crippen LogP contribution in [-0.4, -0.2) is 30.1 Å². The number of hydrogen-bond acceptors (Lipinski definition) is 3. The molecule has 1 aromatic heterocycles. The van der Waals surface area contributed by atoms with Gasteiger partial charge in [0.15, 0.2) is 0 Å². The molecule has 0 saturated heterocycles. The van der Waals surface area contributed by atoms with Crippen LogP contribution >= 0.6 is 11.3 Å². The Morgan fingerprint density at radius 2 is 2.16 bits per heavy atom. The van der Waals surface area contributed by atoms with Crippen molar-refractivity contribution in [3.05, 3.63) is 22.4 Å². The summed E-state index contributed by atoms with van der Waals surface area (Å²) >= 11 is 1.86. The predicted molar refractivity (Wildman–Crippen MR) is 84.7 cm³/mol. The van der Waals surface area contributed by atoms with Gasteiger partial charge in [0, 0.05) is 23.0 Å². The standard InChI is InChI=1S/C16H28N2S/c1-13(10-14-6-5-9-19-14)18(4)16(12-17)8-7-15(2,3)11-16/h5-6,9,13H,7-8,10-12,17H2,1-4H3. The Morgan fingerprint density at radius 3 is 2.63 bits per heavy atom. The molecule has 1 fully saturated rings. The molecule has 1 aliphatic rings. The van der Waals surface area contributed by atoms with Crippen molar-refractivity contribution in [2.45, 2.75) is 58.0 Å². The van der Waals surface area contributed by atoms with Crippen LogP contribution in [-0.2, 0) is 6.42 Å². The number of hydrogen-bond donors (Lipinski definition) is 1. The highest BCUT2D eigenvalue weighted by Gasteiger charge is 2.45. The van der Waals surface area contributed by atoms with Gasteiger partial charge >= 0.3 is 0 Å². The van der Waals surface area contributed by atoms with E-state index >= 15 is 0 Å². The van der Waals surface area contributed by atoms with Gasteiger partial charge in [-0.1, -0.05) is 19.9 Å². The second-order valence-corrected chi connectivity index (χ2v) is 8.05. The Kier molecular flexibility index (Phi) is 4.38. The zero-order chi connectivity index (χ0) is 14.1. The summed E-state index contributed by atoms with van der Waals surface area (Å²) in [5.74, 6) is 0. The quantitative estimate of drug-likeness (QED) is 0.894. The highest BCUT2D eigenvalue weighted by Crippen LogP contribution is 2.46. The molecule has 0 spiro atoms. The zero-order valence-electron chi connectivity index (χ0n) is 12.8. The maximum Gasteiger partial charge on any atom is 0.0336 e. The fourth-order valence-electron chi connectivity index (χ4n) is 3.58. The first-order chi connectivity index (χ1) is 8.88. The van der Waals surface area contributed by atoms with Crippen molar-refractivity contribution in [1.29, 1.82) is 0 Å². The first kappa shape index (κ1) is 15.0. The Labute approximate surface area is 122 Å². The van der Waals surface area contributed by atoms with E-state index in [1.54, 1.807) is 0 Å². The van der Waals surface area contributed by atoms with Gasteiger partial charge in [-0.05, 0) is 56.5 Å². The average molecular weight is 280 g/mol. The lowest BCUT2D eigenvalue weighted by atomic mass is 9.86. The van der Waals surface area contributed by atoms with E-state index in [0.29, 0.717) is 11.5 Å². The molecule has 1 aliphatic carbocycles. The molecule has 0 radical (unpaired) electrons. The smallest absolute Gasteiger partial charge is 0.0336 e. The molecule has 1 aromatic rings. The molecule has 2 atom stereocenters. The van der Waals surface area contributed by atoms with Gasteiger partial charge in [0.05, 0.1) is 0 Å². The number of nitrogens with two attached hydrogens (primary N) is 1. The Bertz CT molecular complexity index is 399. The van der Waals surface area contributed by atoms with Crippen LogP contribution in [0.25, 0.3) is 0 Å². The lowest BCUT2D eigenvalue weighted by Crippen LogP contribution is -2.54. The van der Waals surface area contributed by atoms with Gasteiger partial charge in [-0.2, -0.15) is 0 Å². The van der Waals surface area contributed by atoms with Crippen molar-refractivity contribution in [2.24, 2.45) is 11.1 Å². The topological polar surface area (TPSA) is 29.3 Å². The van der Waals surface area contributed by atoms with E-state index in [9.17, 15) is 0 Å². The van der Waals surface area contributed by atoms with Gasteiger partial charge < -0.3 is 5.73 Å². The van der Waals surface area contributed by atoms with Gasteiger partial charge in [-0.25, -0.2) is 0 Å². The monoisotopic (exact) mass is 280 g/mol. The van der Waals surface area contributed by atoms with E-state index in [-0.39, 0.29) is 5.54 Å². The third-order valence-corrected chi connectivity index (χ3v) is 5.84. The van der Waals surface area contributed by atoms with E-state index in [1.807, 2.05) is 11.3 Å². The lowest BCUT2D eigenvalue weighted by Gasteiger charge is -2.43. The second-order valence-electron chi connectivity index (χ2n) is 7.01. The fourth-order valence-corrected chi connectivity index (χ4v) is 4.41. The normalized spacial score (nSPS) is 27.9. The summed E-state index contributed by atoms with van der Waals surface area (Å²) < 4.78 is 0. The molecule has 1 saturated carbocycles. The van der Waals surface area contributed by atoms with Crippen LogP contribution in [0.2, 0.25) is 0 Å². The summed E-state index contributed by atoms with van der Waals surface area (Å²) in [5.41, 5.74) is 6.81. The van der Waals surface area contributed by atoms with Crippen molar-refractivity contribution < 1.29 is 0 Å². The molecular weight excluding hydrogens is 252 g/mol. The maximum atomic E-state index is 6.16.